The van der Waals surface area contributed by atoms with Crippen LogP contribution in [-0.2, 0) is 27.8 Å². The Kier molecular flexibility index (Phi) is 8.08. The van der Waals surface area contributed by atoms with Gasteiger partial charge in [-0.3, -0.25) is 19.1 Å². The van der Waals surface area contributed by atoms with Gasteiger partial charge >= 0.3 is 6.18 Å². The molecule has 0 amide bonds. The third-order valence-corrected chi connectivity index (χ3v) is 8.82. The Labute approximate surface area is 245 Å². The van der Waals surface area contributed by atoms with E-state index in [9.17, 15) is 26.4 Å². The number of alkyl halides is 3. The Bertz CT molecular complexity index is 1980. The highest BCUT2D eigenvalue weighted by Crippen LogP contribution is 2.33. The molecule has 0 saturated carbocycles. The largest absolute Gasteiger partial charge is 0.446 e. The smallest absolute Gasteiger partial charge is 0.312 e. The molecule has 3 aromatic heterocycles. The molecule has 0 spiro atoms. The Morgan fingerprint density at radius 1 is 0.953 bits per heavy atom. The molecular formula is C31H27F3N4O4S. The minimum atomic E-state index is -4.64. The summed E-state index contributed by atoms with van der Waals surface area (Å²) >= 11 is 0. The molecule has 1 N–H and O–H groups in total. The van der Waals surface area contributed by atoms with E-state index in [0.29, 0.717) is 30.7 Å². The third-order valence-electron chi connectivity index (χ3n) is 7.06. The number of nitrogens with one attached hydrogen (secondary N) is 1. The average Bonchev–Trinajstić information content (AvgIpc) is 3.32. The Balaban J connectivity index is 0.000000559. The van der Waals surface area contributed by atoms with Gasteiger partial charge in [0.15, 0.2) is 0 Å². The number of rotatable bonds is 4. The van der Waals surface area contributed by atoms with Crippen molar-refractivity contribution in [3.05, 3.63) is 112 Å². The molecule has 8 nitrogen and oxygen atoms in total. The van der Waals surface area contributed by atoms with E-state index in [0.717, 1.165) is 39.0 Å². The minimum Gasteiger partial charge on any atom is -0.312 e. The fourth-order valence-corrected chi connectivity index (χ4v) is 6.56. The summed E-state index contributed by atoms with van der Waals surface area (Å²) in [5.41, 5.74) is 6.23. The molecule has 0 radical (unpaired) electrons. The lowest BCUT2D eigenvalue weighted by Gasteiger charge is -2.17. The topological polar surface area (TPSA) is 103 Å². The van der Waals surface area contributed by atoms with Gasteiger partial charge in [-0.1, -0.05) is 29.8 Å². The summed E-state index contributed by atoms with van der Waals surface area (Å²) in [5.74, 6) is 0. The molecule has 2 aromatic carbocycles. The van der Waals surface area contributed by atoms with Crippen LogP contribution in [0.3, 0.4) is 0 Å². The van der Waals surface area contributed by atoms with Crippen LogP contribution in [0.5, 0.6) is 0 Å². The van der Waals surface area contributed by atoms with Crippen molar-refractivity contribution in [1.29, 1.82) is 0 Å². The van der Waals surface area contributed by atoms with Gasteiger partial charge in [0.25, 0.3) is 15.6 Å². The normalized spacial score (nSPS) is 13.2. The highest BCUT2D eigenvalue weighted by molar-refractivity contribution is 7.90. The van der Waals surface area contributed by atoms with Crippen LogP contribution in [0.15, 0.2) is 88.8 Å². The number of aromatic nitrogens is 3. The van der Waals surface area contributed by atoms with Gasteiger partial charge in [-0.2, -0.15) is 13.2 Å². The van der Waals surface area contributed by atoms with Crippen LogP contribution in [0.25, 0.3) is 27.8 Å². The summed E-state index contributed by atoms with van der Waals surface area (Å²) in [6.45, 7) is 5.19. The molecular weight excluding hydrogens is 581 g/mol. The van der Waals surface area contributed by atoms with Gasteiger partial charge in [0, 0.05) is 54.6 Å². The molecule has 6 rings (SSSR count). The molecule has 43 heavy (non-hydrogen) atoms. The van der Waals surface area contributed by atoms with Crippen molar-refractivity contribution in [3.63, 3.8) is 0 Å². The zero-order valence-corrected chi connectivity index (χ0v) is 24.0. The minimum absolute atomic E-state index is 0.217. The lowest BCUT2D eigenvalue weighted by molar-refractivity contribution is -0.156. The number of pyridine rings is 2. The second-order valence-electron chi connectivity index (χ2n) is 10.1. The van der Waals surface area contributed by atoms with E-state index in [-0.39, 0.29) is 10.5 Å². The van der Waals surface area contributed by atoms with E-state index in [2.05, 4.69) is 10.3 Å². The number of carbonyl (C=O) groups excluding carboxylic acids is 1. The molecule has 0 saturated heterocycles. The Hall–Kier alpha value is -4.55. The van der Waals surface area contributed by atoms with E-state index in [1.54, 1.807) is 36.7 Å². The summed E-state index contributed by atoms with van der Waals surface area (Å²) < 4.78 is 62.1. The fraction of sp³-hybridized carbons (Fsp3) is 0.194. The van der Waals surface area contributed by atoms with Crippen LogP contribution < -0.4 is 10.9 Å². The van der Waals surface area contributed by atoms with Gasteiger partial charge in [-0.05, 0) is 61.4 Å². The first-order valence-electron chi connectivity index (χ1n) is 13.3. The Morgan fingerprint density at radius 2 is 1.65 bits per heavy atom. The SMILES string of the molecule is Cc1ccc(S(=O)(=O)n2c3c(c4ccc(-n5ccc(-c6ccc(C)cn6)cc5=O)cc42)CNCC3)cc1.O=CC(F)(F)F. The van der Waals surface area contributed by atoms with Gasteiger partial charge in [0.05, 0.1) is 21.8 Å². The molecule has 1 aliphatic rings. The maximum Gasteiger partial charge on any atom is 0.446 e. The third kappa shape index (κ3) is 6.15. The molecule has 0 unspecified atom stereocenters. The van der Waals surface area contributed by atoms with Crippen LogP contribution in [0, 0.1) is 13.8 Å². The molecule has 0 atom stereocenters. The van der Waals surface area contributed by atoms with E-state index in [1.165, 1.54) is 8.54 Å². The lowest BCUT2D eigenvalue weighted by Crippen LogP contribution is -2.26. The fourth-order valence-electron chi connectivity index (χ4n) is 4.97. The highest BCUT2D eigenvalue weighted by atomic mass is 32.2. The predicted octanol–water partition coefficient (Wildman–Crippen LogP) is 5.10. The molecule has 222 valence electrons. The van der Waals surface area contributed by atoms with Crippen molar-refractivity contribution in [2.75, 3.05) is 6.54 Å². The van der Waals surface area contributed by atoms with Crippen molar-refractivity contribution in [3.8, 4) is 16.9 Å². The zero-order valence-electron chi connectivity index (χ0n) is 23.2. The molecule has 0 aliphatic carbocycles. The number of halogens is 3. The quantitative estimate of drug-likeness (QED) is 0.285. The number of aldehydes is 1. The number of aryl methyl sites for hydroxylation is 2. The summed E-state index contributed by atoms with van der Waals surface area (Å²) in [6.07, 6.45) is -1.62. The second-order valence-corrected chi connectivity index (χ2v) is 11.9. The Morgan fingerprint density at radius 3 is 2.28 bits per heavy atom. The van der Waals surface area contributed by atoms with Gasteiger partial charge in [0.1, 0.15) is 0 Å². The van der Waals surface area contributed by atoms with Gasteiger partial charge in [0.2, 0.25) is 6.29 Å². The van der Waals surface area contributed by atoms with Crippen LogP contribution in [-0.4, -0.2) is 40.9 Å². The lowest BCUT2D eigenvalue weighted by atomic mass is 10.1. The van der Waals surface area contributed by atoms with E-state index in [4.69, 9.17) is 4.79 Å². The van der Waals surface area contributed by atoms with E-state index in [1.807, 2.05) is 56.3 Å². The second kappa shape index (κ2) is 11.6. The van der Waals surface area contributed by atoms with Crippen LogP contribution in [0.1, 0.15) is 22.4 Å². The first kappa shape index (κ1) is 29.9. The number of hydrogen-bond acceptors (Lipinski definition) is 6. The van der Waals surface area contributed by atoms with E-state index < -0.39 is 22.5 Å². The summed E-state index contributed by atoms with van der Waals surface area (Å²) in [5, 5.41) is 4.23. The van der Waals surface area contributed by atoms with Gasteiger partial charge in [-0.25, -0.2) is 12.4 Å². The van der Waals surface area contributed by atoms with Crippen molar-refractivity contribution >= 4 is 27.2 Å². The molecule has 12 heteroatoms. The number of nitrogens with zero attached hydrogens (tertiary/aromatic N) is 3. The molecule has 1 aliphatic heterocycles. The van der Waals surface area contributed by atoms with Gasteiger partial charge in [-0.15, -0.1) is 0 Å². The van der Waals surface area contributed by atoms with Crippen LogP contribution >= 0.6 is 0 Å². The molecule has 4 heterocycles. The summed E-state index contributed by atoms with van der Waals surface area (Å²) in [7, 11) is -3.84. The predicted molar refractivity (Wildman–Crippen MR) is 157 cm³/mol. The molecule has 0 fully saturated rings. The van der Waals surface area contributed by atoms with Crippen molar-refractivity contribution < 1.29 is 26.4 Å². The van der Waals surface area contributed by atoms with Crippen molar-refractivity contribution in [1.82, 2.24) is 18.8 Å². The number of hydrogen-bond donors (Lipinski definition) is 1. The number of benzene rings is 2. The monoisotopic (exact) mass is 608 g/mol. The van der Waals surface area contributed by atoms with Gasteiger partial charge < -0.3 is 5.32 Å². The van der Waals surface area contributed by atoms with Crippen LogP contribution in [0.4, 0.5) is 13.2 Å². The maximum atomic E-state index is 13.9. The van der Waals surface area contributed by atoms with Crippen LogP contribution in [0.2, 0.25) is 0 Å². The summed E-state index contributed by atoms with van der Waals surface area (Å²) in [6, 6.07) is 19.7. The number of carbonyl (C=O) groups is 1. The van der Waals surface area contributed by atoms with E-state index >= 15 is 0 Å². The molecule has 5 aromatic rings. The highest BCUT2D eigenvalue weighted by Gasteiger charge is 2.28. The van der Waals surface area contributed by atoms with Crippen molar-refractivity contribution in [2.45, 2.75) is 37.9 Å². The summed E-state index contributed by atoms with van der Waals surface area (Å²) in [4.78, 5) is 26.5. The zero-order chi connectivity index (χ0) is 30.9. The first-order valence-corrected chi connectivity index (χ1v) is 14.7. The average molecular weight is 609 g/mol. The first-order chi connectivity index (χ1) is 20.4. The maximum absolute atomic E-state index is 13.9. The number of fused-ring (bicyclic) bond motifs is 3. The standard InChI is InChI=1S/C29H26N4O3S.C2HF3O/c1-19-3-7-23(8-4-19)37(35,36)33-27-11-13-30-18-25(27)24-9-6-22(16-28(24)33)32-14-12-21(15-29(32)34)26-10-5-20(2)17-31-26;3-2(4,5)1-6/h3-10,12,14-17,30H,11,13,18H2,1-2H3;1H. The molecule has 0 bridgehead atoms. The van der Waals surface area contributed by atoms with Crippen molar-refractivity contribution in [2.24, 2.45) is 0 Å².